The molecule has 0 N–H and O–H groups in total. The first-order chi connectivity index (χ1) is 14.1. The van der Waals surface area contributed by atoms with Crippen molar-refractivity contribution in [1.82, 2.24) is 4.90 Å². The number of nitrogens with zero attached hydrogens (tertiary/aromatic N) is 1. The third-order valence-corrected chi connectivity index (χ3v) is 5.32. The molecule has 0 bridgehead atoms. The van der Waals surface area contributed by atoms with Crippen molar-refractivity contribution in [2.75, 3.05) is 20.8 Å². The van der Waals surface area contributed by atoms with E-state index < -0.39 is 17.7 Å². The molecule has 2 atom stereocenters. The summed E-state index contributed by atoms with van der Waals surface area (Å²) in [4.78, 5) is 38.5. The average molecular weight is 440 g/mol. The smallest absolute Gasteiger partial charge is 0.410 e. The Balaban J connectivity index is 2.20. The molecule has 7 nitrogen and oxygen atoms in total. The van der Waals surface area contributed by atoms with Gasteiger partial charge < -0.3 is 19.1 Å². The van der Waals surface area contributed by atoms with Crippen LogP contribution in [0.4, 0.5) is 4.79 Å². The van der Waals surface area contributed by atoms with E-state index in [4.69, 9.17) is 25.8 Å². The molecule has 1 heterocycles. The summed E-state index contributed by atoms with van der Waals surface area (Å²) in [5.41, 5.74) is 0.563. The van der Waals surface area contributed by atoms with E-state index in [-0.39, 0.29) is 24.5 Å². The van der Waals surface area contributed by atoms with Crippen molar-refractivity contribution in [2.24, 2.45) is 5.92 Å². The maximum absolute atomic E-state index is 12.8. The van der Waals surface area contributed by atoms with Crippen LogP contribution in [0.3, 0.4) is 0 Å². The number of ether oxygens (including phenoxy) is 3. The number of amides is 1. The van der Waals surface area contributed by atoms with Crippen LogP contribution >= 0.6 is 11.6 Å². The Morgan fingerprint density at radius 2 is 1.83 bits per heavy atom. The highest BCUT2D eigenvalue weighted by Gasteiger charge is 2.37. The van der Waals surface area contributed by atoms with Gasteiger partial charge in [0.15, 0.2) is 0 Å². The molecule has 1 aliphatic rings. The van der Waals surface area contributed by atoms with E-state index in [1.807, 2.05) is 0 Å². The summed E-state index contributed by atoms with van der Waals surface area (Å²) in [6, 6.07) is 4.89. The fraction of sp³-hybridized carbons (Fsp3) is 0.591. The summed E-state index contributed by atoms with van der Waals surface area (Å²) in [6.07, 6.45) is 1.92. The molecule has 2 rings (SSSR count). The molecule has 8 heteroatoms. The lowest BCUT2D eigenvalue weighted by Crippen LogP contribution is -2.50. The molecule has 0 aromatic heterocycles. The van der Waals surface area contributed by atoms with Gasteiger partial charge in [0.1, 0.15) is 5.60 Å². The van der Waals surface area contributed by atoms with Crippen LogP contribution in [-0.2, 0) is 25.4 Å². The summed E-state index contributed by atoms with van der Waals surface area (Å²) in [5.74, 6) is -1.14. The molecule has 1 fully saturated rings. The number of carbonyl (C=O) groups is 3. The van der Waals surface area contributed by atoms with Crippen molar-refractivity contribution < 1.29 is 28.6 Å². The van der Waals surface area contributed by atoms with E-state index in [0.29, 0.717) is 36.3 Å². The number of aryl methyl sites for hydroxylation is 1. The molecule has 30 heavy (non-hydrogen) atoms. The van der Waals surface area contributed by atoms with Gasteiger partial charge in [0, 0.05) is 17.6 Å². The summed E-state index contributed by atoms with van der Waals surface area (Å²) in [7, 11) is 2.68. The fourth-order valence-corrected chi connectivity index (χ4v) is 3.83. The van der Waals surface area contributed by atoms with Crippen LogP contribution in [-0.4, -0.2) is 55.3 Å². The van der Waals surface area contributed by atoms with Crippen molar-refractivity contribution in [1.29, 1.82) is 0 Å². The molecule has 0 spiro atoms. The number of hydrogen-bond acceptors (Lipinski definition) is 6. The van der Waals surface area contributed by atoms with E-state index in [1.165, 1.54) is 14.2 Å². The molecule has 166 valence electrons. The summed E-state index contributed by atoms with van der Waals surface area (Å²) >= 11 is 6.12. The van der Waals surface area contributed by atoms with E-state index >= 15 is 0 Å². The van der Waals surface area contributed by atoms with E-state index in [0.717, 1.165) is 5.56 Å². The minimum atomic E-state index is -0.648. The Hall–Kier alpha value is -2.28. The Bertz CT molecular complexity index is 788. The summed E-state index contributed by atoms with van der Waals surface area (Å²) in [6.45, 7) is 5.65. The quantitative estimate of drug-likeness (QED) is 0.504. The van der Waals surface area contributed by atoms with Crippen molar-refractivity contribution in [2.45, 2.75) is 58.1 Å². The van der Waals surface area contributed by atoms with Crippen LogP contribution in [0.25, 0.3) is 0 Å². The predicted octanol–water partition coefficient (Wildman–Crippen LogP) is 4.25. The predicted molar refractivity (Wildman–Crippen MR) is 113 cm³/mol. The number of likely N-dealkylation sites (tertiary alicyclic amines) is 1. The second-order valence-electron chi connectivity index (χ2n) is 8.42. The van der Waals surface area contributed by atoms with Crippen LogP contribution < -0.4 is 0 Å². The van der Waals surface area contributed by atoms with Crippen molar-refractivity contribution >= 4 is 29.6 Å². The Morgan fingerprint density at radius 3 is 2.43 bits per heavy atom. The molecule has 2 unspecified atom stereocenters. The minimum Gasteiger partial charge on any atom is -0.469 e. The maximum Gasteiger partial charge on any atom is 0.410 e. The van der Waals surface area contributed by atoms with Crippen molar-refractivity contribution in [3.63, 3.8) is 0 Å². The number of benzene rings is 1. The van der Waals surface area contributed by atoms with Crippen LogP contribution in [0, 0.1) is 5.92 Å². The monoisotopic (exact) mass is 439 g/mol. The number of hydrogen-bond donors (Lipinski definition) is 0. The van der Waals surface area contributed by atoms with Gasteiger partial charge in [-0.3, -0.25) is 4.79 Å². The Labute approximate surface area is 182 Å². The van der Waals surface area contributed by atoms with E-state index in [9.17, 15) is 14.4 Å². The highest BCUT2D eigenvalue weighted by molar-refractivity contribution is 6.30. The summed E-state index contributed by atoms with van der Waals surface area (Å²) in [5, 5.41) is 0.524. The van der Waals surface area contributed by atoms with Crippen LogP contribution in [0.2, 0.25) is 5.02 Å². The standard InChI is InChI=1S/C22H30ClNO6/c1-22(2,3)30-21(27)24-13-15(19(25)28-4)7-10-17(24)9-6-14-12-16(23)8-11-18(14)20(26)29-5/h8,11-12,15,17H,6-7,9-10,13H2,1-5H3. The minimum absolute atomic E-state index is 0.134. The van der Waals surface area contributed by atoms with Crippen LogP contribution in [0.15, 0.2) is 18.2 Å². The zero-order valence-corrected chi connectivity index (χ0v) is 19.0. The number of rotatable bonds is 5. The molecule has 1 aromatic carbocycles. The van der Waals surface area contributed by atoms with Gasteiger partial charge in [0.2, 0.25) is 0 Å². The number of carbonyl (C=O) groups excluding carboxylic acids is 3. The van der Waals surface area contributed by atoms with Crippen LogP contribution in [0.1, 0.15) is 56.0 Å². The highest BCUT2D eigenvalue weighted by atomic mass is 35.5. The Morgan fingerprint density at radius 1 is 1.13 bits per heavy atom. The first-order valence-electron chi connectivity index (χ1n) is 10.00. The lowest BCUT2D eigenvalue weighted by atomic mass is 9.89. The second-order valence-corrected chi connectivity index (χ2v) is 8.85. The van der Waals surface area contributed by atoms with Gasteiger partial charge in [0.05, 0.1) is 25.7 Å². The van der Waals surface area contributed by atoms with E-state index in [2.05, 4.69) is 0 Å². The van der Waals surface area contributed by atoms with Crippen molar-refractivity contribution in [3.8, 4) is 0 Å². The van der Waals surface area contributed by atoms with Crippen molar-refractivity contribution in [3.05, 3.63) is 34.3 Å². The van der Waals surface area contributed by atoms with Gasteiger partial charge in [-0.15, -0.1) is 0 Å². The maximum atomic E-state index is 12.8. The molecule has 1 saturated heterocycles. The first kappa shape index (κ1) is 24.0. The second kappa shape index (κ2) is 10.2. The van der Waals surface area contributed by atoms with Gasteiger partial charge in [-0.2, -0.15) is 0 Å². The SMILES string of the molecule is COC(=O)c1ccc(Cl)cc1CCC1CCC(C(=O)OC)CN1C(=O)OC(C)(C)C. The fourth-order valence-electron chi connectivity index (χ4n) is 3.63. The Kier molecular flexibility index (Phi) is 8.12. The van der Waals surface area contributed by atoms with Gasteiger partial charge >= 0.3 is 18.0 Å². The molecule has 1 aliphatic heterocycles. The highest BCUT2D eigenvalue weighted by Crippen LogP contribution is 2.29. The molecule has 0 saturated carbocycles. The zero-order valence-electron chi connectivity index (χ0n) is 18.2. The number of piperidine rings is 1. The van der Waals surface area contributed by atoms with Crippen LogP contribution in [0.5, 0.6) is 0 Å². The molecular weight excluding hydrogens is 410 g/mol. The molecular formula is C22H30ClNO6. The van der Waals surface area contributed by atoms with Gasteiger partial charge in [0.25, 0.3) is 0 Å². The lowest BCUT2D eigenvalue weighted by Gasteiger charge is -2.39. The zero-order chi connectivity index (χ0) is 22.5. The average Bonchev–Trinajstić information content (AvgIpc) is 2.69. The largest absolute Gasteiger partial charge is 0.469 e. The number of esters is 2. The molecule has 0 radical (unpaired) electrons. The third-order valence-electron chi connectivity index (χ3n) is 5.09. The topological polar surface area (TPSA) is 82.1 Å². The third kappa shape index (κ3) is 6.36. The first-order valence-corrected chi connectivity index (χ1v) is 10.4. The number of methoxy groups -OCH3 is 2. The molecule has 1 aromatic rings. The van der Waals surface area contributed by atoms with Gasteiger partial charge in [-0.1, -0.05) is 11.6 Å². The lowest BCUT2D eigenvalue weighted by molar-refractivity contribution is -0.147. The normalized spacial score (nSPS) is 19.2. The molecule has 1 amide bonds. The summed E-state index contributed by atoms with van der Waals surface area (Å²) < 4.78 is 15.3. The molecule has 0 aliphatic carbocycles. The van der Waals surface area contributed by atoms with Gasteiger partial charge in [-0.05, 0) is 70.2 Å². The van der Waals surface area contributed by atoms with Gasteiger partial charge in [-0.25, -0.2) is 9.59 Å². The number of halogens is 1. The van der Waals surface area contributed by atoms with E-state index in [1.54, 1.807) is 43.9 Å².